The number of hydrogen-bond donors (Lipinski definition) is 0. The lowest BCUT2D eigenvalue weighted by Gasteiger charge is -2.34. The summed E-state index contributed by atoms with van der Waals surface area (Å²) >= 11 is 0. The van der Waals surface area contributed by atoms with E-state index in [1.165, 1.54) is 6.42 Å². The number of likely N-dealkylation sites (tertiary alicyclic amines) is 1. The molecule has 0 radical (unpaired) electrons. The second-order valence-corrected chi connectivity index (χ2v) is 6.48. The predicted octanol–water partition coefficient (Wildman–Crippen LogP) is 3.23. The summed E-state index contributed by atoms with van der Waals surface area (Å²) in [5.41, 5.74) is 0.830. The number of ether oxygens (including phenoxy) is 3. The molecule has 132 valence electrons. The first-order chi connectivity index (χ1) is 11.5. The van der Waals surface area contributed by atoms with Gasteiger partial charge in [-0.1, -0.05) is 13.8 Å². The summed E-state index contributed by atoms with van der Waals surface area (Å²) in [6.07, 6.45) is 4.59. The van der Waals surface area contributed by atoms with Crippen LogP contribution in [0.4, 0.5) is 0 Å². The van der Waals surface area contributed by atoms with Crippen LogP contribution in [0.15, 0.2) is 18.2 Å². The summed E-state index contributed by atoms with van der Waals surface area (Å²) in [5, 5.41) is 0. The molecular weight excluding hydrogens is 306 g/mol. The number of methoxy groups -OCH3 is 3. The third kappa shape index (κ3) is 4.22. The highest BCUT2D eigenvalue weighted by atomic mass is 16.5. The van der Waals surface area contributed by atoms with E-state index in [4.69, 9.17) is 14.2 Å². The van der Waals surface area contributed by atoms with E-state index in [1.807, 2.05) is 17.0 Å². The van der Waals surface area contributed by atoms with Crippen LogP contribution < -0.4 is 14.2 Å². The fourth-order valence-electron chi connectivity index (χ4n) is 3.31. The van der Waals surface area contributed by atoms with Gasteiger partial charge in [-0.25, -0.2) is 0 Å². The standard InChI is InChI=1S/C19H27NO4/c1-13-8-14(2)12-20(11-13)18(21)7-6-15-9-16(22-3)19(24-5)17(10-15)23-4/h6-7,9-10,13-14H,8,11-12H2,1-5H3/b7-6+. The Morgan fingerprint density at radius 3 is 2.04 bits per heavy atom. The molecule has 1 saturated heterocycles. The average molecular weight is 333 g/mol. The normalized spacial score (nSPS) is 21.0. The zero-order chi connectivity index (χ0) is 17.7. The van der Waals surface area contributed by atoms with Crippen LogP contribution in [-0.2, 0) is 4.79 Å². The number of nitrogens with zero attached hydrogens (tertiary/aromatic N) is 1. The van der Waals surface area contributed by atoms with Crippen LogP contribution in [0.1, 0.15) is 25.8 Å². The Hall–Kier alpha value is -2.17. The molecule has 2 unspecified atom stereocenters. The fraction of sp³-hybridized carbons (Fsp3) is 0.526. The van der Waals surface area contributed by atoms with E-state index in [0.717, 1.165) is 18.7 Å². The molecule has 0 saturated carbocycles. The number of amides is 1. The first kappa shape index (κ1) is 18.2. The van der Waals surface area contributed by atoms with Crippen LogP contribution in [0.2, 0.25) is 0 Å². The van der Waals surface area contributed by atoms with Gasteiger partial charge in [-0.05, 0) is 42.0 Å². The summed E-state index contributed by atoms with van der Waals surface area (Å²) < 4.78 is 16.0. The summed E-state index contributed by atoms with van der Waals surface area (Å²) in [6.45, 7) is 6.03. The maximum atomic E-state index is 12.4. The van der Waals surface area contributed by atoms with E-state index in [2.05, 4.69) is 13.8 Å². The molecule has 1 aromatic rings. The molecule has 1 heterocycles. The largest absolute Gasteiger partial charge is 0.493 e. The Labute approximate surface area is 144 Å². The van der Waals surface area contributed by atoms with Crippen molar-refractivity contribution in [2.45, 2.75) is 20.3 Å². The van der Waals surface area contributed by atoms with Crippen molar-refractivity contribution >= 4 is 12.0 Å². The van der Waals surface area contributed by atoms with Gasteiger partial charge in [0.05, 0.1) is 21.3 Å². The molecule has 0 bridgehead atoms. The summed E-state index contributed by atoms with van der Waals surface area (Å²) in [6, 6.07) is 3.65. The molecule has 24 heavy (non-hydrogen) atoms. The number of carbonyl (C=O) groups is 1. The van der Waals surface area contributed by atoms with Gasteiger partial charge in [0.2, 0.25) is 11.7 Å². The summed E-state index contributed by atoms with van der Waals surface area (Å²) in [7, 11) is 4.72. The molecule has 1 amide bonds. The molecule has 2 rings (SSSR count). The van der Waals surface area contributed by atoms with Gasteiger partial charge >= 0.3 is 0 Å². The van der Waals surface area contributed by atoms with Gasteiger partial charge in [0.1, 0.15) is 0 Å². The second-order valence-electron chi connectivity index (χ2n) is 6.48. The molecule has 0 aromatic heterocycles. The highest BCUT2D eigenvalue weighted by Gasteiger charge is 2.24. The van der Waals surface area contributed by atoms with Crippen molar-refractivity contribution in [2.75, 3.05) is 34.4 Å². The number of rotatable bonds is 5. The Bertz CT molecular complexity index is 576. The molecule has 1 fully saturated rings. The van der Waals surface area contributed by atoms with E-state index in [-0.39, 0.29) is 5.91 Å². The molecular formula is C19H27NO4. The fourth-order valence-corrected chi connectivity index (χ4v) is 3.31. The van der Waals surface area contributed by atoms with Gasteiger partial charge in [-0.3, -0.25) is 4.79 Å². The smallest absolute Gasteiger partial charge is 0.246 e. The van der Waals surface area contributed by atoms with Gasteiger partial charge in [0.15, 0.2) is 11.5 Å². The molecule has 1 aromatic carbocycles. The lowest BCUT2D eigenvalue weighted by Crippen LogP contribution is -2.41. The number of hydrogen-bond acceptors (Lipinski definition) is 4. The van der Waals surface area contributed by atoms with E-state index in [1.54, 1.807) is 33.5 Å². The van der Waals surface area contributed by atoms with Crippen molar-refractivity contribution in [3.8, 4) is 17.2 Å². The molecule has 1 aliphatic rings. The van der Waals surface area contributed by atoms with Crippen molar-refractivity contribution in [2.24, 2.45) is 11.8 Å². The lowest BCUT2D eigenvalue weighted by atomic mass is 9.92. The van der Waals surface area contributed by atoms with Crippen molar-refractivity contribution in [3.05, 3.63) is 23.8 Å². The van der Waals surface area contributed by atoms with Gasteiger partial charge in [-0.2, -0.15) is 0 Å². The first-order valence-corrected chi connectivity index (χ1v) is 8.25. The van der Waals surface area contributed by atoms with Crippen molar-refractivity contribution in [3.63, 3.8) is 0 Å². The van der Waals surface area contributed by atoms with Crippen LogP contribution in [0.3, 0.4) is 0 Å². The Morgan fingerprint density at radius 2 is 1.58 bits per heavy atom. The van der Waals surface area contributed by atoms with E-state index in [0.29, 0.717) is 29.1 Å². The van der Waals surface area contributed by atoms with Crippen LogP contribution in [-0.4, -0.2) is 45.2 Å². The van der Waals surface area contributed by atoms with E-state index in [9.17, 15) is 4.79 Å². The third-order valence-electron chi connectivity index (χ3n) is 4.29. The van der Waals surface area contributed by atoms with Crippen molar-refractivity contribution < 1.29 is 19.0 Å². The van der Waals surface area contributed by atoms with Crippen LogP contribution in [0, 0.1) is 11.8 Å². The number of carbonyl (C=O) groups excluding carboxylic acids is 1. The molecule has 0 aliphatic carbocycles. The van der Waals surface area contributed by atoms with Gasteiger partial charge in [0, 0.05) is 19.2 Å². The lowest BCUT2D eigenvalue weighted by molar-refractivity contribution is -0.128. The van der Waals surface area contributed by atoms with Crippen LogP contribution in [0.25, 0.3) is 6.08 Å². The first-order valence-electron chi connectivity index (χ1n) is 8.25. The third-order valence-corrected chi connectivity index (χ3v) is 4.29. The topological polar surface area (TPSA) is 48.0 Å². The minimum atomic E-state index is 0.0437. The van der Waals surface area contributed by atoms with E-state index < -0.39 is 0 Å². The minimum absolute atomic E-state index is 0.0437. The molecule has 5 nitrogen and oxygen atoms in total. The van der Waals surface area contributed by atoms with Gasteiger partial charge in [0.25, 0.3) is 0 Å². The van der Waals surface area contributed by atoms with E-state index >= 15 is 0 Å². The molecule has 2 atom stereocenters. The highest BCUT2D eigenvalue weighted by molar-refractivity contribution is 5.92. The van der Waals surface area contributed by atoms with Crippen LogP contribution in [0.5, 0.6) is 17.2 Å². The predicted molar refractivity (Wildman–Crippen MR) is 94.7 cm³/mol. The molecule has 1 aliphatic heterocycles. The number of piperidine rings is 1. The highest BCUT2D eigenvalue weighted by Crippen LogP contribution is 2.38. The maximum Gasteiger partial charge on any atom is 0.246 e. The van der Waals surface area contributed by atoms with Crippen molar-refractivity contribution in [1.82, 2.24) is 4.90 Å². The Kier molecular flexibility index (Phi) is 6.12. The maximum absolute atomic E-state index is 12.4. The molecule has 0 N–H and O–H groups in total. The van der Waals surface area contributed by atoms with Crippen molar-refractivity contribution in [1.29, 1.82) is 0 Å². The average Bonchev–Trinajstić information content (AvgIpc) is 2.57. The zero-order valence-electron chi connectivity index (χ0n) is 15.2. The zero-order valence-corrected chi connectivity index (χ0v) is 15.2. The quantitative estimate of drug-likeness (QED) is 0.776. The molecule has 0 spiro atoms. The minimum Gasteiger partial charge on any atom is -0.493 e. The summed E-state index contributed by atoms with van der Waals surface area (Å²) in [4.78, 5) is 14.4. The Balaban J connectivity index is 2.17. The monoisotopic (exact) mass is 333 g/mol. The Morgan fingerprint density at radius 1 is 1.04 bits per heavy atom. The second kappa shape index (κ2) is 8.08. The molecule has 5 heteroatoms. The SMILES string of the molecule is COc1cc(/C=C/C(=O)N2CC(C)CC(C)C2)cc(OC)c1OC. The van der Waals surface area contributed by atoms with Gasteiger partial charge in [-0.15, -0.1) is 0 Å². The van der Waals surface area contributed by atoms with Gasteiger partial charge < -0.3 is 19.1 Å². The van der Waals surface area contributed by atoms with Crippen LogP contribution >= 0.6 is 0 Å². The number of benzene rings is 1. The summed E-state index contributed by atoms with van der Waals surface area (Å²) in [5.74, 6) is 2.83.